The zero-order chi connectivity index (χ0) is 28.7. The summed E-state index contributed by atoms with van der Waals surface area (Å²) in [5, 5.41) is 17.2. The Morgan fingerprint density at radius 1 is 1.17 bits per heavy atom. The molecule has 208 valence electrons. The molecule has 4 aromatic rings. The lowest BCUT2D eigenvalue weighted by molar-refractivity contribution is -0.117. The van der Waals surface area contributed by atoms with Crippen LogP contribution in [0.25, 0.3) is 5.52 Å². The van der Waals surface area contributed by atoms with Crippen molar-refractivity contribution in [2.75, 3.05) is 34.8 Å². The van der Waals surface area contributed by atoms with Gasteiger partial charge in [0.1, 0.15) is 11.9 Å². The molecule has 2 saturated heterocycles. The maximum absolute atomic E-state index is 13.1. The van der Waals surface area contributed by atoms with Gasteiger partial charge in [0, 0.05) is 49.6 Å². The van der Waals surface area contributed by atoms with Crippen LogP contribution in [-0.2, 0) is 4.79 Å². The number of hydrogen-bond donors (Lipinski definition) is 2. The highest BCUT2D eigenvalue weighted by Gasteiger charge is 2.38. The second-order valence-electron chi connectivity index (χ2n) is 11.6. The van der Waals surface area contributed by atoms with Crippen LogP contribution in [0.2, 0.25) is 0 Å². The third-order valence-corrected chi connectivity index (χ3v) is 8.34. The Kier molecular flexibility index (Phi) is 6.58. The molecule has 0 saturated carbocycles. The van der Waals surface area contributed by atoms with Crippen molar-refractivity contribution >= 4 is 34.5 Å². The highest BCUT2D eigenvalue weighted by molar-refractivity contribution is 6.03. The Balaban J connectivity index is 1.28. The lowest BCUT2D eigenvalue weighted by atomic mass is 9.78. The number of aromatic nitrogens is 3. The van der Waals surface area contributed by atoms with Gasteiger partial charge in [0.2, 0.25) is 5.91 Å². The van der Waals surface area contributed by atoms with Gasteiger partial charge in [0.15, 0.2) is 0 Å². The summed E-state index contributed by atoms with van der Waals surface area (Å²) < 4.78 is 1.70. The third kappa shape index (κ3) is 4.95. The van der Waals surface area contributed by atoms with Gasteiger partial charge in [-0.05, 0) is 30.2 Å². The molecule has 10 nitrogen and oxygen atoms in total. The van der Waals surface area contributed by atoms with Crippen molar-refractivity contribution in [3.8, 4) is 6.07 Å². The summed E-state index contributed by atoms with van der Waals surface area (Å²) in [4.78, 5) is 34.1. The molecule has 0 aliphatic carbocycles. The van der Waals surface area contributed by atoms with Gasteiger partial charge in [-0.3, -0.25) is 9.59 Å². The fourth-order valence-electron chi connectivity index (χ4n) is 6.07. The third-order valence-electron chi connectivity index (χ3n) is 8.34. The minimum absolute atomic E-state index is 0.0238. The fourth-order valence-corrected chi connectivity index (χ4v) is 6.07. The molecule has 2 fully saturated rings. The van der Waals surface area contributed by atoms with Crippen LogP contribution < -0.4 is 20.9 Å². The van der Waals surface area contributed by atoms with Crippen LogP contribution in [0.15, 0.2) is 67.1 Å². The van der Waals surface area contributed by atoms with Gasteiger partial charge in [0.05, 0.1) is 40.4 Å². The summed E-state index contributed by atoms with van der Waals surface area (Å²) in [5.41, 5.74) is 9.64. The number of primary amides is 1. The van der Waals surface area contributed by atoms with E-state index < -0.39 is 5.91 Å². The number of nitrogens with one attached hydrogen (secondary N) is 1. The number of nitrogens with zero attached hydrogens (tertiary/aromatic N) is 6. The van der Waals surface area contributed by atoms with Crippen LogP contribution in [0.5, 0.6) is 0 Å². The van der Waals surface area contributed by atoms with Gasteiger partial charge in [0.25, 0.3) is 5.91 Å². The molecule has 0 bridgehead atoms. The van der Waals surface area contributed by atoms with Gasteiger partial charge >= 0.3 is 0 Å². The van der Waals surface area contributed by atoms with Gasteiger partial charge < -0.3 is 20.9 Å². The number of pyridine rings is 1. The highest BCUT2D eigenvalue weighted by atomic mass is 16.2. The second-order valence-corrected chi connectivity index (χ2v) is 11.6. The summed E-state index contributed by atoms with van der Waals surface area (Å²) in [6.45, 7) is 6.42. The molecule has 2 aliphatic heterocycles. The van der Waals surface area contributed by atoms with Crippen molar-refractivity contribution < 1.29 is 9.59 Å². The zero-order valence-electron chi connectivity index (χ0n) is 23.1. The molecule has 2 amide bonds. The molecule has 3 aromatic heterocycles. The Bertz CT molecular complexity index is 1660. The lowest BCUT2D eigenvalue weighted by Gasteiger charge is -2.45. The summed E-state index contributed by atoms with van der Waals surface area (Å²) in [5.74, 6) is 0.447. The standard InChI is InChI=1S/C31H32N8O2/c1-31(2)19-37(27-9-8-20(14-32)15-34-27)11-10-26(31)36-29-24(30(33)41)16-35-39-18-23(13-25(29)39)38-17-22(12-28(38)40)21-6-4-3-5-7-21/h3-9,13,15-16,18,22,26,36H,10-12,17,19H2,1-2H3,(H2,33,41). The molecular weight excluding hydrogens is 516 g/mol. The summed E-state index contributed by atoms with van der Waals surface area (Å²) in [6.07, 6.45) is 6.15. The molecule has 5 heterocycles. The molecule has 3 N–H and O–H groups in total. The molecule has 2 atom stereocenters. The Morgan fingerprint density at radius 2 is 1.98 bits per heavy atom. The van der Waals surface area contributed by atoms with E-state index in [0.29, 0.717) is 35.3 Å². The average Bonchev–Trinajstić information content (AvgIpc) is 3.58. The minimum atomic E-state index is -0.566. The minimum Gasteiger partial charge on any atom is -0.379 e. The summed E-state index contributed by atoms with van der Waals surface area (Å²) >= 11 is 0. The number of amides is 2. The van der Waals surface area contributed by atoms with E-state index in [2.05, 4.69) is 52.3 Å². The number of nitriles is 1. The molecular formula is C31H32N8O2. The van der Waals surface area contributed by atoms with Gasteiger partial charge in [-0.2, -0.15) is 10.4 Å². The van der Waals surface area contributed by atoms with E-state index in [-0.39, 0.29) is 23.3 Å². The molecule has 0 radical (unpaired) electrons. The summed E-state index contributed by atoms with van der Waals surface area (Å²) in [6, 6.07) is 17.8. The van der Waals surface area contributed by atoms with Crippen molar-refractivity contribution in [1.82, 2.24) is 14.6 Å². The van der Waals surface area contributed by atoms with Crippen molar-refractivity contribution in [3.05, 3.63) is 83.8 Å². The number of nitrogens with two attached hydrogens (primary N) is 1. The van der Waals surface area contributed by atoms with Gasteiger partial charge in [-0.15, -0.1) is 0 Å². The number of carbonyl (C=O) groups is 2. The number of anilines is 3. The first-order valence-electron chi connectivity index (χ1n) is 13.8. The molecule has 6 rings (SSSR count). The van der Waals surface area contributed by atoms with Crippen molar-refractivity contribution in [1.29, 1.82) is 5.26 Å². The molecule has 2 aliphatic rings. The van der Waals surface area contributed by atoms with Crippen LogP contribution in [0, 0.1) is 16.7 Å². The van der Waals surface area contributed by atoms with E-state index in [1.54, 1.807) is 21.7 Å². The first-order valence-corrected chi connectivity index (χ1v) is 13.8. The predicted octanol–water partition coefficient (Wildman–Crippen LogP) is 3.94. The van der Waals surface area contributed by atoms with Gasteiger partial charge in [-0.1, -0.05) is 44.2 Å². The van der Waals surface area contributed by atoms with Crippen LogP contribution in [0.1, 0.15) is 54.1 Å². The zero-order valence-corrected chi connectivity index (χ0v) is 23.1. The number of carbonyl (C=O) groups excluding carboxylic acids is 2. The van der Waals surface area contributed by atoms with Crippen LogP contribution in [0.3, 0.4) is 0 Å². The Labute approximate surface area is 238 Å². The van der Waals surface area contributed by atoms with Crippen molar-refractivity contribution in [2.45, 2.75) is 38.6 Å². The van der Waals surface area contributed by atoms with E-state index in [4.69, 9.17) is 11.0 Å². The maximum atomic E-state index is 13.1. The largest absolute Gasteiger partial charge is 0.379 e. The first-order chi connectivity index (χ1) is 19.7. The number of hydrogen-bond acceptors (Lipinski definition) is 7. The number of rotatable bonds is 6. The normalized spacial score (nSPS) is 20.3. The number of piperidine rings is 1. The first kappa shape index (κ1) is 26.3. The topological polar surface area (TPSA) is 133 Å². The van der Waals surface area contributed by atoms with E-state index in [9.17, 15) is 9.59 Å². The molecule has 0 spiro atoms. The average molecular weight is 549 g/mol. The van der Waals surface area contributed by atoms with E-state index >= 15 is 0 Å². The SMILES string of the molecule is CC1(C)CN(c2ccc(C#N)cn2)CCC1Nc1c(C(N)=O)cnn2cc(N3CC(c4ccccc4)CC3=O)cc12. The maximum Gasteiger partial charge on any atom is 0.252 e. The fraction of sp³-hybridized carbons (Fsp3) is 0.323. The van der Waals surface area contributed by atoms with Crippen molar-refractivity contribution in [3.63, 3.8) is 0 Å². The van der Waals surface area contributed by atoms with E-state index in [1.807, 2.05) is 36.5 Å². The number of benzene rings is 1. The highest BCUT2D eigenvalue weighted by Crippen LogP contribution is 2.38. The molecule has 1 aromatic carbocycles. The van der Waals surface area contributed by atoms with Crippen LogP contribution >= 0.6 is 0 Å². The predicted molar refractivity (Wildman–Crippen MR) is 157 cm³/mol. The molecule has 2 unspecified atom stereocenters. The Morgan fingerprint density at radius 3 is 2.66 bits per heavy atom. The monoisotopic (exact) mass is 548 g/mol. The quantitative estimate of drug-likeness (QED) is 0.373. The molecule has 10 heteroatoms. The van der Waals surface area contributed by atoms with E-state index in [0.717, 1.165) is 36.6 Å². The van der Waals surface area contributed by atoms with E-state index in [1.165, 1.54) is 6.20 Å². The molecule has 41 heavy (non-hydrogen) atoms. The smallest absolute Gasteiger partial charge is 0.252 e. The van der Waals surface area contributed by atoms with Gasteiger partial charge in [-0.25, -0.2) is 9.50 Å². The lowest BCUT2D eigenvalue weighted by Crippen LogP contribution is -2.52. The van der Waals surface area contributed by atoms with Crippen LogP contribution in [-0.4, -0.2) is 52.1 Å². The summed E-state index contributed by atoms with van der Waals surface area (Å²) in [7, 11) is 0. The number of fused-ring (bicyclic) bond motifs is 1. The van der Waals surface area contributed by atoms with Crippen LogP contribution in [0.4, 0.5) is 17.2 Å². The van der Waals surface area contributed by atoms with Crippen molar-refractivity contribution in [2.24, 2.45) is 11.1 Å². The second kappa shape index (κ2) is 10.2. The Hall–Kier alpha value is -4.91.